The Labute approximate surface area is 122 Å². The van der Waals surface area contributed by atoms with Crippen LogP contribution >= 0.6 is 0 Å². The molecule has 0 aromatic carbocycles. The van der Waals surface area contributed by atoms with Crippen molar-refractivity contribution in [1.29, 1.82) is 0 Å². The van der Waals surface area contributed by atoms with Crippen molar-refractivity contribution in [2.75, 3.05) is 34.2 Å². The smallest absolute Gasteiger partial charge is 0.240 e. The molecule has 0 spiro atoms. The van der Waals surface area contributed by atoms with Crippen LogP contribution < -0.4 is 5.32 Å². The number of likely N-dealkylation sites (tertiary alicyclic amines) is 1. The zero-order valence-electron chi connectivity index (χ0n) is 13.5. The number of hydrogen-bond acceptors (Lipinski definition) is 3. The molecule has 0 aromatic rings. The van der Waals surface area contributed by atoms with Gasteiger partial charge in [0.1, 0.15) is 0 Å². The third-order valence-corrected chi connectivity index (χ3v) is 4.12. The monoisotopic (exact) mass is 283 g/mol. The Balaban J connectivity index is 2.52. The van der Waals surface area contributed by atoms with E-state index >= 15 is 0 Å². The molecule has 0 aromatic heterocycles. The molecule has 1 aliphatic heterocycles. The number of likely N-dealkylation sites (N-methyl/N-ethyl adjacent to an activating group) is 1. The van der Waals surface area contributed by atoms with E-state index in [0.717, 1.165) is 25.9 Å². The maximum atomic E-state index is 12.6. The van der Waals surface area contributed by atoms with Crippen LogP contribution in [-0.2, 0) is 9.59 Å². The summed E-state index contributed by atoms with van der Waals surface area (Å²) in [5.74, 6) is 1.04. The van der Waals surface area contributed by atoms with Gasteiger partial charge in [-0.15, -0.1) is 0 Å². The summed E-state index contributed by atoms with van der Waals surface area (Å²) in [6.45, 7) is 5.72. The Bertz CT molecular complexity index is 326. The molecule has 20 heavy (non-hydrogen) atoms. The fourth-order valence-electron chi connectivity index (χ4n) is 3.01. The molecule has 0 aliphatic carbocycles. The third kappa shape index (κ3) is 4.47. The fraction of sp³-hybridized carbons (Fsp3) is 0.867. The second-order valence-corrected chi connectivity index (χ2v) is 6.30. The highest BCUT2D eigenvalue weighted by atomic mass is 16.2. The van der Waals surface area contributed by atoms with E-state index < -0.39 is 0 Å². The Morgan fingerprint density at radius 1 is 1.25 bits per heavy atom. The minimum absolute atomic E-state index is 0.0505. The molecule has 1 heterocycles. The largest absolute Gasteiger partial charge is 0.359 e. The average Bonchev–Trinajstić information content (AvgIpc) is 2.38. The third-order valence-electron chi connectivity index (χ3n) is 4.12. The second kappa shape index (κ2) is 7.62. The Morgan fingerprint density at radius 2 is 1.80 bits per heavy atom. The van der Waals surface area contributed by atoms with E-state index in [1.807, 2.05) is 23.9 Å². The van der Waals surface area contributed by atoms with Gasteiger partial charge in [-0.05, 0) is 38.8 Å². The highest BCUT2D eigenvalue weighted by Crippen LogP contribution is 2.22. The molecule has 2 amide bonds. The molecular weight excluding hydrogens is 254 g/mol. The first-order chi connectivity index (χ1) is 9.36. The van der Waals surface area contributed by atoms with Gasteiger partial charge in [-0.1, -0.05) is 13.8 Å². The number of carbonyl (C=O) groups excluding carboxylic acids is 2. The first kappa shape index (κ1) is 17.0. The lowest BCUT2D eigenvalue weighted by Crippen LogP contribution is -2.51. The number of hydrogen-bond donors (Lipinski definition) is 1. The van der Waals surface area contributed by atoms with Crippen molar-refractivity contribution in [2.45, 2.75) is 39.2 Å². The van der Waals surface area contributed by atoms with Gasteiger partial charge in [0.2, 0.25) is 11.8 Å². The standard InChI is InChI=1S/C15H29N3O2/c1-11(2)14(17(4)5)15(20)18-8-6-12(7-9-18)10-13(19)16-3/h11-12,14H,6-10H2,1-5H3,(H,16,19). The molecule has 1 aliphatic rings. The minimum Gasteiger partial charge on any atom is -0.359 e. The van der Waals surface area contributed by atoms with Crippen LogP contribution in [0.3, 0.4) is 0 Å². The first-order valence-corrected chi connectivity index (χ1v) is 7.52. The van der Waals surface area contributed by atoms with Crippen molar-refractivity contribution in [1.82, 2.24) is 15.1 Å². The summed E-state index contributed by atoms with van der Waals surface area (Å²) in [6, 6.07) is -0.0505. The number of nitrogens with zero attached hydrogens (tertiary/aromatic N) is 2. The normalized spacial score (nSPS) is 18.4. The summed E-state index contributed by atoms with van der Waals surface area (Å²) in [6.07, 6.45) is 2.44. The van der Waals surface area contributed by atoms with Gasteiger partial charge >= 0.3 is 0 Å². The van der Waals surface area contributed by atoms with E-state index in [-0.39, 0.29) is 17.9 Å². The topological polar surface area (TPSA) is 52.7 Å². The molecule has 5 nitrogen and oxygen atoms in total. The number of amides is 2. The number of rotatable bonds is 5. The van der Waals surface area contributed by atoms with Gasteiger partial charge in [0.25, 0.3) is 0 Å². The number of piperidine rings is 1. The molecule has 1 unspecified atom stereocenters. The maximum absolute atomic E-state index is 12.6. The Kier molecular flexibility index (Phi) is 6.46. The van der Waals surface area contributed by atoms with Crippen LogP contribution in [-0.4, -0.2) is 61.9 Å². The van der Waals surface area contributed by atoms with E-state index in [9.17, 15) is 9.59 Å². The van der Waals surface area contributed by atoms with Gasteiger partial charge in [0.05, 0.1) is 6.04 Å². The first-order valence-electron chi connectivity index (χ1n) is 7.52. The van der Waals surface area contributed by atoms with Crippen LogP contribution in [0.2, 0.25) is 0 Å². The average molecular weight is 283 g/mol. The summed E-state index contributed by atoms with van der Waals surface area (Å²) in [4.78, 5) is 27.9. The van der Waals surface area contributed by atoms with Gasteiger partial charge in [0, 0.05) is 26.6 Å². The predicted octanol–water partition coefficient (Wildman–Crippen LogP) is 0.947. The Morgan fingerprint density at radius 3 is 2.20 bits per heavy atom. The fourth-order valence-corrected chi connectivity index (χ4v) is 3.01. The molecule has 1 N–H and O–H groups in total. The predicted molar refractivity (Wildman–Crippen MR) is 80.3 cm³/mol. The summed E-state index contributed by atoms with van der Waals surface area (Å²) in [5, 5.41) is 2.67. The zero-order valence-corrected chi connectivity index (χ0v) is 13.5. The second-order valence-electron chi connectivity index (χ2n) is 6.30. The molecule has 5 heteroatoms. The van der Waals surface area contributed by atoms with E-state index in [0.29, 0.717) is 18.3 Å². The summed E-state index contributed by atoms with van der Waals surface area (Å²) in [7, 11) is 5.59. The van der Waals surface area contributed by atoms with Gasteiger partial charge in [-0.2, -0.15) is 0 Å². The van der Waals surface area contributed by atoms with Crippen LogP contribution in [0.15, 0.2) is 0 Å². The van der Waals surface area contributed by atoms with Crippen molar-refractivity contribution in [2.24, 2.45) is 11.8 Å². The van der Waals surface area contributed by atoms with Crippen molar-refractivity contribution in [3.63, 3.8) is 0 Å². The van der Waals surface area contributed by atoms with Crippen molar-refractivity contribution < 1.29 is 9.59 Å². The number of nitrogens with one attached hydrogen (secondary N) is 1. The lowest BCUT2D eigenvalue weighted by atomic mass is 9.92. The van der Waals surface area contributed by atoms with Crippen LogP contribution in [0.5, 0.6) is 0 Å². The molecule has 1 rings (SSSR count). The molecule has 1 fully saturated rings. The Hall–Kier alpha value is -1.10. The maximum Gasteiger partial charge on any atom is 0.240 e. The van der Waals surface area contributed by atoms with Gasteiger partial charge < -0.3 is 10.2 Å². The quantitative estimate of drug-likeness (QED) is 0.817. The van der Waals surface area contributed by atoms with Crippen LogP contribution in [0.25, 0.3) is 0 Å². The molecule has 0 saturated carbocycles. The van der Waals surface area contributed by atoms with E-state index in [1.54, 1.807) is 7.05 Å². The molecule has 116 valence electrons. The molecular formula is C15H29N3O2. The van der Waals surface area contributed by atoms with Gasteiger partial charge in [0.15, 0.2) is 0 Å². The van der Waals surface area contributed by atoms with Crippen molar-refractivity contribution >= 4 is 11.8 Å². The molecule has 0 radical (unpaired) electrons. The summed E-state index contributed by atoms with van der Waals surface area (Å²) < 4.78 is 0. The SMILES string of the molecule is CNC(=O)CC1CCN(C(=O)C(C(C)C)N(C)C)CC1. The van der Waals surface area contributed by atoms with Crippen LogP contribution in [0, 0.1) is 11.8 Å². The van der Waals surface area contributed by atoms with Crippen LogP contribution in [0.4, 0.5) is 0 Å². The lowest BCUT2D eigenvalue weighted by Gasteiger charge is -2.37. The van der Waals surface area contributed by atoms with Gasteiger partial charge in [-0.25, -0.2) is 0 Å². The van der Waals surface area contributed by atoms with Gasteiger partial charge in [-0.3, -0.25) is 14.5 Å². The minimum atomic E-state index is -0.0505. The molecule has 1 atom stereocenters. The van der Waals surface area contributed by atoms with E-state index in [4.69, 9.17) is 0 Å². The zero-order chi connectivity index (χ0) is 15.3. The van der Waals surface area contributed by atoms with Crippen molar-refractivity contribution in [3.05, 3.63) is 0 Å². The summed E-state index contributed by atoms with van der Waals surface area (Å²) >= 11 is 0. The molecule has 0 bridgehead atoms. The highest BCUT2D eigenvalue weighted by molar-refractivity contribution is 5.82. The highest BCUT2D eigenvalue weighted by Gasteiger charge is 2.31. The lowest BCUT2D eigenvalue weighted by molar-refractivity contribution is -0.139. The van der Waals surface area contributed by atoms with Crippen molar-refractivity contribution in [3.8, 4) is 0 Å². The van der Waals surface area contributed by atoms with E-state index in [1.165, 1.54) is 0 Å². The van der Waals surface area contributed by atoms with E-state index in [2.05, 4.69) is 19.2 Å². The summed E-state index contributed by atoms with van der Waals surface area (Å²) in [5.41, 5.74) is 0. The number of carbonyl (C=O) groups is 2. The van der Waals surface area contributed by atoms with Crippen LogP contribution in [0.1, 0.15) is 33.1 Å². The molecule has 1 saturated heterocycles.